The van der Waals surface area contributed by atoms with Gasteiger partial charge in [0.05, 0.1) is 25.5 Å². The molecule has 1 aliphatic rings. The normalized spacial score (nSPS) is 14.3. The van der Waals surface area contributed by atoms with E-state index in [0.717, 1.165) is 0 Å². The summed E-state index contributed by atoms with van der Waals surface area (Å²) < 4.78 is 20.4. The van der Waals surface area contributed by atoms with Crippen molar-refractivity contribution in [2.45, 2.75) is 12.7 Å². The van der Waals surface area contributed by atoms with Gasteiger partial charge in [-0.25, -0.2) is 14.6 Å². The van der Waals surface area contributed by atoms with Gasteiger partial charge in [-0.3, -0.25) is 4.79 Å². The van der Waals surface area contributed by atoms with Crippen molar-refractivity contribution in [2.24, 2.45) is 0 Å². The second-order valence-corrected chi connectivity index (χ2v) is 5.84. The van der Waals surface area contributed by atoms with Gasteiger partial charge in [0.15, 0.2) is 0 Å². The summed E-state index contributed by atoms with van der Waals surface area (Å²) in [4.78, 5) is 44.7. The smallest absolute Gasteiger partial charge is 0.354 e. The molecule has 2 heterocycles. The number of fused-ring (bicyclic) bond motifs is 3. The Kier molecular flexibility index (Phi) is 4.58. The number of hydrogen-bond acceptors (Lipinski definition) is 8. The van der Waals surface area contributed by atoms with Gasteiger partial charge in [0.25, 0.3) is 5.79 Å². The fourth-order valence-electron chi connectivity index (χ4n) is 3.26. The van der Waals surface area contributed by atoms with Gasteiger partial charge in [0.2, 0.25) is 5.78 Å². The molecular formula is C18H18N2O7. The first-order chi connectivity index (χ1) is 12.8. The zero-order valence-corrected chi connectivity index (χ0v) is 15.5. The number of pyridine rings is 1. The van der Waals surface area contributed by atoms with Crippen LogP contribution in [0.15, 0.2) is 12.1 Å². The monoisotopic (exact) mass is 374 g/mol. The quantitative estimate of drug-likeness (QED) is 0.633. The average molecular weight is 374 g/mol. The van der Waals surface area contributed by atoms with Gasteiger partial charge in [-0.05, 0) is 19.1 Å². The van der Waals surface area contributed by atoms with E-state index in [4.69, 9.17) is 18.9 Å². The van der Waals surface area contributed by atoms with Crippen LogP contribution in [0.1, 0.15) is 42.6 Å². The number of esters is 2. The van der Waals surface area contributed by atoms with Gasteiger partial charge in [-0.2, -0.15) is 0 Å². The lowest BCUT2D eigenvalue weighted by Crippen LogP contribution is -2.43. The molecule has 3 rings (SSSR count). The highest BCUT2D eigenvalue weighted by Gasteiger charge is 2.51. The SMILES string of the molecule is COC(=O)c1cc2c([nH]1)-c1c(C(=O)OC)cc(C)nc1C(=O)C2(OC)OC. The third-order valence-corrected chi connectivity index (χ3v) is 4.47. The van der Waals surface area contributed by atoms with Crippen molar-refractivity contribution in [3.05, 3.63) is 40.3 Å². The molecule has 1 N–H and O–H groups in total. The summed E-state index contributed by atoms with van der Waals surface area (Å²) in [5, 5.41) is 0. The van der Waals surface area contributed by atoms with Crippen LogP contribution in [0.4, 0.5) is 0 Å². The Bertz CT molecular complexity index is 957. The fraction of sp³-hybridized carbons (Fsp3) is 0.333. The van der Waals surface area contributed by atoms with Crippen LogP contribution in [0, 0.1) is 6.92 Å². The molecule has 1 aliphatic carbocycles. The summed E-state index contributed by atoms with van der Waals surface area (Å²) in [6.45, 7) is 1.64. The van der Waals surface area contributed by atoms with Crippen molar-refractivity contribution in [1.29, 1.82) is 0 Å². The minimum atomic E-state index is -1.82. The molecule has 27 heavy (non-hydrogen) atoms. The maximum Gasteiger partial charge on any atom is 0.354 e. The van der Waals surface area contributed by atoms with E-state index in [1.54, 1.807) is 6.92 Å². The Morgan fingerprint density at radius 1 is 1.04 bits per heavy atom. The van der Waals surface area contributed by atoms with E-state index >= 15 is 0 Å². The van der Waals surface area contributed by atoms with Crippen LogP contribution in [0.5, 0.6) is 0 Å². The highest BCUT2D eigenvalue weighted by atomic mass is 16.7. The van der Waals surface area contributed by atoms with E-state index in [9.17, 15) is 14.4 Å². The summed E-state index contributed by atoms with van der Waals surface area (Å²) in [5.74, 6) is -3.72. The fourth-order valence-corrected chi connectivity index (χ4v) is 3.26. The zero-order chi connectivity index (χ0) is 19.9. The maximum atomic E-state index is 13.2. The first kappa shape index (κ1) is 18.7. The number of hydrogen-bond donors (Lipinski definition) is 1. The molecule has 0 atom stereocenters. The number of nitrogens with one attached hydrogen (secondary N) is 1. The second-order valence-electron chi connectivity index (χ2n) is 5.84. The maximum absolute atomic E-state index is 13.2. The summed E-state index contributed by atoms with van der Waals surface area (Å²) >= 11 is 0. The standard InChI is InChI=1S/C18H18N2O7/c1-8-6-9(16(22)24-2)12-13-10(7-11(20-13)17(23)25-3)18(26-4,27-5)15(21)14(12)19-8/h6-7,20H,1-5H3. The van der Waals surface area contributed by atoms with Crippen LogP contribution >= 0.6 is 0 Å². The number of carbonyl (C=O) groups is 3. The predicted octanol–water partition coefficient (Wildman–Crippen LogP) is 1.60. The Morgan fingerprint density at radius 3 is 2.22 bits per heavy atom. The number of H-pyrrole nitrogens is 1. The number of nitrogens with zero attached hydrogens (tertiary/aromatic N) is 1. The Hall–Kier alpha value is -3.04. The number of aromatic amines is 1. The third kappa shape index (κ3) is 2.54. The second kappa shape index (κ2) is 6.60. The van der Waals surface area contributed by atoms with Crippen molar-refractivity contribution in [2.75, 3.05) is 28.4 Å². The summed E-state index contributed by atoms with van der Waals surface area (Å²) in [5.41, 5.74) is 1.36. The number of aromatic nitrogens is 2. The minimum Gasteiger partial charge on any atom is -0.465 e. The number of ether oxygens (including phenoxy) is 4. The van der Waals surface area contributed by atoms with Crippen LogP contribution < -0.4 is 0 Å². The molecule has 0 radical (unpaired) electrons. The summed E-state index contributed by atoms with van der Waals surface area (Å²) in [6, 6.07) is 2.91. The van der Waals surface area contributed by atoms with E-state index < -0.39 is 23.5 Å². The molecule has 0 amide bonds. The lowest BCUT2D eigenvalue weighted by molar-refractivity contribution is -0.176. The predicted molar refractivity (Wildman–Crippen MR) is 91.5 cm³/mol. The van der Waals surface area contributed by atoms with E-state index in [2.05, 4.69) is 9.97 Å². The van der Waals surface area contributed by atoms with Crippen molar-refractivity contribution >= 4 is 17.7 Å². The number of methoxy groups -OCH3 is 4. The van der Waals surface area contributed by atoms with Gasteiger partial charge in [0, 0.05) is 31.0 Å². The van der Waals surface area contributed by atoms with Crippen molar-refractivity contribution in [1.82, 2.24) is 9.97 Å². The van der Waals surface area contributed by atoms with Gasteiger partial charge in [-0.15, -0.1) is 0 Å². The molecule has 0 saturated heterocycles. The Balaban J connectivity index is 2.43. The lowest BCUT2D eigenvalue weighted by Gasteiger charge is -2.33. The molecule has 0 unspecified atom stereocenters. The van der Waals surface area contributed by atoms with Crippen molar-refractivity contribution in [3.8, 4) is 11.3 Å². The molecule has 0 aliphatic heterocycles. The van der Waals surface area contributed by atoms with Crippen LogP contribution in [0.3, 0.4) is 0 Å². The number of rotatable bonds is 4. The molecule has 2 aromatic heterocycles. The number of carbonyl (C=O) groups excluding carboxylic acids is 3. The van der Waals surface area contributed by atoms with E-state index in [1.165, 1.54) is 40.6 Å². The Labute approximate surface area is 154 Å². The van der Waals surface area contributed by atoms with Crippen molar-refractivity contribution < 1.29 is 33.3 Å². The highest BCUT2D eigenvalue weighted by molar-refractivity contribution is 6.14. The molecule has 9 nitrogen and oxygen atoms in total. The summed E-state index contributed by atoms with van der Waals surface area (Å²) in [7, 11) is 5.07. The minimum absolute atomic E-state index is 0.0233. The third-order valence-electron chi connectivity index (χ3n) is 4.47. The molecule has 0 saturated carbocycles. The van der Waals surface area contributed by atoms with Gasteiger partial charge in [0.1, 0.15) is 11.4 Å². The highest BCUT2D eigenvalue weighted by Crippen LogP contribution is 2.45. The zero-order valence-electron chi connectivity index (χ0n) is 15.5. The molecule has 0 bridgehead atoms. The summed E-state index contributed by atoms with van der Waals surface area (Å²) in [6.07, 6.45) is 0. The lowest BCUT2D eigenvalue weighted by atomic mass is 9.85. The van der Waals surface area contributed by atoms with E-state index in [-0.39, 0.29) is 28.1 Å². The van der Waals surface area contributed by atoms with E-state index in [1.807, 2.05) is 0 Å². The molecule has 0 aromatic carbocycles. The number of Topliss-reactive ketones (excluding diaryl/α,β-unsaturated/α-hetero) is 1. The van der Waals surface area contributed by atoms with Gasteiger partial charge < -0.3 is 23.9 Å². The van der Waals surface area contributed by atoms with Gasteiger partial charge in [-0.1, -0.05) is 0 Å². The molecule has 2 aromatic rings. The molecular weight excluding hydrogens is 356 g/mol. The number of ketones is 1. The topological polar surface area (TPSA) is 117 Å². The molecule has 0 spiro atoms. The van der Waals surface area contributed by atoms with Crippen molar-refractivity contribution in [3.63, 3.8) is 0 Å². The first-order valence-electron chi connectivity index (χ1n) is 7.91. The largest absolute Gasteiger partial charge is 0.465 e. The molecule has 142 valence electrons. The molecule has 0 fully saturated rings. The average Bonchev–Trinajstić information content (AvgIpc) is 3.12. The van der Waals surface area contributed by atoms with Crippen LogP contribution in [-0.4, -0.2) is 56.1 Å². The van der Waals surface area contributed by atoms with Crippen LogP contribution in [0.2, 0.25) is 0 Å². The van der Waals surface area contributed by atoms with Gasteiger partial charge >= 0.3 is 11.9 Å². The number of aryl methyl sites for hydroxylation is 1. The van der Waals surface area contributed by atoms with Crippen LogP contribution in [0.25, 0.3) is 11.3 Å². The van der Waals surface area contributed by atoms with E-state index in [0.29, 0.717) is 11.4 Å². The van der Waals surface area contributed by atoms with Crippen LogP contribution in [-0.2, 0) is 24.7 Å². The first-order valence-corrected chi connectivity index (χ1v) is 7.91. The Morgan fingerprint density at radius 2 is 1.67 bits per heavy atom. The molecule has 9 heteroatoms.